The van der Waals surface area contributed by atoms with Crippen LogP contribution in [0.4, 0.5) is 10.6 Å². The van der Waals surface area contributed by atoms with Crippen molar-refractivity contribution in [2.24, 2.45) is 5.41 Å². The highest BCUT2D eigenvalue weighted by molar-refractivity contribution is 6.20. The minimum Gasteiger partial charge on any atom is -0.352 e. The Morgan fingerprint density at radius 3 is 2.71 bits per heavy atom. The zero-order valence-corrected chi connectivity index (χ0v) is 19.8. The lowest BCUT2D eigenvalue weighted by Gasteiger charge is -2.53. The molecule has 2 aromatic carbocycles. The molecule has 178 valence electrons. The molecule has 1 aromatic heterocycles. The summed E-state index contributed by atoms with van der Waals surface area (Å²) in [6, 6.07) is 17.1. The summed E-state index contributed by atoms with van der Waals surface area (Å²) in [5, 5.41) is 3.54. The zero-order valence-electron chi connectivity index (χ0n) is 19.8. The standard InChI is InChI=1S/C28H28N4O3/c1-18-10-11-22-20(15-18)16-21-17-28(23-9-5-6-13-31(23)24(21)29-22)25(33)30-27(35)32(26(28)34)14-12-19-7-3-2-4-8-19/h2-4,7-8,10-11,15-16,23H,5-6,9,12-14,17H2,1H3,(H,30,33,35). The van der Waals surface area contributed by atoms with E-state index in [4.69, 9.17) is 4.98 Å². The summed E-state index contributed by atoms with van der Waals surface area (Å²) in [6.07, 6.45) is 3.42. The number of aromatic nitrogens is 1. The van der Waals surface area contributed by atoms with Crippen molar-refractivity contribution in [3.05, 3.63) is 71.3 Å². The van der Waals surface area contributed by atoms with Gasteiger partial charge in [0, 0.05) is 24.9 Å². The number of aryl methyl sites for hydroxylation is 1. The molecule has 1 N–H and O–H groups in total. The van der Waals surface area contributed by atoms with E-state index in [1.165, 1.54) is 4.90 Å². The van der Waals surface area contributed by atoms with E-state index in [2.05, 4.69) is 22.3 Å². The number of amides is 4. The fourth-order valence-corrected chi connectivity index (χ4v) is 6.07. The van der Waals surface area contributed by atoms with Gasteiger partial charge in [0.1, 0.15) is 5.82 Å². The molecular weight excluding hydrogens is 440 g/mol. The van der Waals surface area contributed by atoms with Gasteiger partial charge in [0.2, 0.25) is 11.8 Å². The maximum Gasteiger partial charge on any atom is 0.330 e. The molecule has 2 atom stereocenters. The van der Waals surface area contributed by atoms with Crippen LogP contribution in [0.5, 0.6) is 0 Å². The molecule has 3 aliphatic heterocycles. The number of barbiturate groups is 1. The average molecular weight is 469 g/mol. The van der Waals surface area contributed by atoms with E-state index in [0.29, 0.717) is 12.8 Å². The van der Waals surface area contributed by atoms with Gasteiger partial charge < -0.3 is 4.90 Å². The van der Waals surface area contributed by atoms with Crippen molar-refractivity contribution in [3.8, 4) is 0 Å². The van der Waals surface area contributed by atoms with E-state index in [0.717, 1.165) is 52.8 Å². The maximum atomic E-state index is 14.1. The monoisotopic (exact) mass is 468 g/mol. The summed E-state index contributed by atoms with van der Waals surface area (Å²) in [4.78, 5) is 48.9. The molecule has 0 saturated carbocycles. The molecule has 4 heterocycles. The Kier molecular flexibility index (Phi) is 5.09. The Bertz CT molecular complexity index is 1360. The highest BCUT2D eigenvalue weighted by Gasteiger charge is 2.62. The molecule has 0 bridgehead atoms. The predicted molar refractivity (Wildman–Crippen MR) is 133 cm³/mol. The Hall–Kier alpha value is -3.74. The number of benzene rings is 2. The van der Waals surface area contributed by atoms with E-state index >= 15 is 0 Å². The third-order valence-corrected chi connectivity index (χ3v) is 7.80. The Morgan fingerprint density at radius 1 is 1.06 bits per heavy atom. The first-order valence-corrected chi connectivity index (χ1v) is 12.4. The largest absolute Gasteiger partial charge is 0.352 e. The Labute approximate surface area is 204 Å². The lowest BCUT2D eigenvalue weighted by molar-refractivity contribution is -0.154. The average Bonchev–Trinajstić information content (AvgIpc) is 2.87. The molecule has 4 amide bonds. The van der Waals surface area contributed by atoms with Crippen LogP contribution < -0.4 is 10.2 Å². The zero-order chi connectivity index (χ0) is 24.2. The van der Waals surface area contributed by atoms with Gasteiger partial charge in [-0.05, 0) is 61.9 Å². The van der Waals surface area contributed by atoms with E-state index < -0.39 is 17.4 Å². The summed E-state index contributed by atoms with van der Waals surface area (Å²) in [5.74, 6) is 0.00874. The van der Waals surface area contributed by atoms with Crippen molar-refractivity contribution in [1.82, 2.24) is 15.2 Å². The molecule has 7 heteroatoms. The van der Waals surface area contributed by atoms with Crippen LogP contribution in [0.15, 0.2) is 54.6 Å². The number of fused-ring (bicyclic) bond motifs is 5. The van der Waals surface area contributed by atoms with Crippen LogP contribution in [-0.2, 0) is 22.4 Å². The quantitative estimate of drug-likeness (QED) is 0.592. The third kappa shape index (κ3) is 3.40. The number of imide groups is 2. The van der Waals surface area contributed by atoms with Crippen LogP contribution in [0.3, 0.4) is 0 Å². The topological polar surface area (TPSA) is 82.6 Å². The van der Waals surface area contributed by atoms with Crippen LogP contribution in [0.25, 0.3) is 10.9 Å². The number of carbonyl (C=O) groups excluding carboxylic acids is 3. The van der Waals surface area contributed by atoms with Crippen molar-refractivity contribution in [2.75, 3.05) is 18.0 Å². The van der Waals surface area contributed by atoms with Gasteiger partial charge in [-0.15, -0.1) is 0 Å². The van der Waals surface area contributed by atoms with Gasteiger partial charge in [-0.3, -0.25) is 19.8 Å². The van der Waals surface area contributed by atoms with Crippen LogP contribution in [0, 0.1) is 12.3 Å². The number of urea groups is 1. The van der Waals surface area contributed by atoms with Crippen LogP contribution in [0.2, 0.25) is 0 Å². The summed E-state index contributed by atoms with van der Waals surface area (Å²) in [5.41, 5.74) is 2.64. The minimum atomic E-state index is -1.34. The molecule has 0 aliphatic carbocycles. The third-order valence-electron chi connectivity index (χ3n) is 7.80. The van der Waals surface area contributed by atoms with Crippen molar-refractivity contribution in [3.63, 3.8) is 0 Å². The van der Waals surface area contributed by atoms with E-state index in [1.807, 2.05) is 49.4 Å². The summed E-state index contributed by atoms with van der Waals surface area (Å²) >= 11 is 0. The van der Waals surface area contributed by atoms with Crippen LogP contribution in [-0.4, -0.2) is 46.9 Å². The molecule has 3 aromatic rings. The Balaban J connectivity index is 1.43. The second-order valence-corrected chi connectivity index (χ2v) is 9.97. The number of piperidine rings is 1. The fourth-order valence-electron chi connectivity index (χ4n) is 6.07. The number of anilines is 1. The second-order valence-electron chi connectivity index (χ2n) is 9.97. The van der Waals surface area contributed by atoms with Gasteiger partial charge >= 0.3 is 6.03 Å². The van der Waals surface area contributed by atoms with Crippen LogP contribution in [0.1, 0.15) is 36.0 Å². The van der Waals surface area contributed by atoms with Gasteiger partial charge in [0.15, 0.2) is 5.41 Å². The van der Waals surface area contributed by atoms with Gasteiger partial charge in [0.05, 0.1) is 11.6 Å². The summed E-state index contributed by atoms with van der Waals surface area (Å²) in [6.45, 7) is 3.01. The molecule has 7 nitrogen and oxygen atoms in total. The number of nitrogens with zero attached hydrogens (tertiary/aromatic N) is 3. The fraction of sp³-hybridized carbons (Fsp3) is 0.357. The number of rotatable bonds is 3. The minimum absolute atomic E-state index is 0.235. The Morgan fingerprint density at radius 2 is 1.89 bits per heavy atom. The van der Waals surface area contributed by atoms with E-state index in [9.17, 15) is 14.4 Å². The second kappa shape index (κ2) is 8.18. The lowest BCUT2D eigenvalue weighted by atomic mass is 9.66. The molecule has 1 spiro atoms. The predicted octanol–water partition coefficient (Wildman–Crippen LogP) is 3.77. The number of hydrogen-bond acceptors (Lipinski definition) is 5. The number of nitrogens with one attached hydrogen (secondary N) is 1. The normalized spacial score (nSPS) is 23.9. The lowest BCUT2D eigenvalue weighted by Crippen LogP contribution is -2.72. The molecule has 3 aliphatic rings. The highest BCUT2D eigenvalue weighted by Crippen LogP contribution is 2.47. The first kappa shape index (κ1) is 21.8. The van der Waals surface area contributed by atoms with Gasteiger partial charge in [-0.1, -0.05) is 42.0 Å². The van der Waals surface area contributed by atoms with Crippen molar-refractivity contribution >= 4 is 34.6 Å². The summed E-state index contributed by atoms with van der Waals surface area (Å²) < 4.78 is 0. The molecule has 6 rings (SSSR count). The SMILES string of the molecule is Cc1ccc2nc3c(cc2c1)CC1(C(=O)NC(=O)N(CCc2ccccc2)C1=O)C1CCCCN31. The van der Waals surface area contributed by atoms with Crippen molar-refractivity contribution in [1.29, 1.82) is 0 Å². The first-order valence-electron chi connectivity index (χ1n) is 12.4. The van der Waals surface area contributed by atoms with Gasteiger partial charge in [0.25, 0.3) is 0 Å². The molecule has 0 radical (unpaired) electrons. The molecular formula is C28H28N4O3. The molecule has 2 fully saturated rings. The van der Waals surface area contributed by atoms with Gasteiger partial charge in [-0.2, -0.15) is 0 Å². The summed E-state index contributed by atoms with van der Waals surface area (Å²) in [7, 11) is 0. The number of hydrogen-bond donors (Lipinski definition) is 1. The van der Waals surface area contributed by atoms with Crippen molar-refractivity contribution in [2.45, 2.75) is 45.1 Å². The van der Waals surface area contributed by atoms with Crippen LogP contribution >= 0.6 is 0 Å². The highest BCUT2D eigenvalue weighted by atomic mass is 16.2. The maximum absolute atomic E-state index is 14.1. The van der Waals surface area contributed by atoms with Gasteiger partial charge in [-0.25, -0.2) is 9.78 Å². The van der Waals surface area contributed by atoms with Crippen molar-refractivity contribution < 1.29 is 14.4 Å². The number of carbonyl (C=O) groups is 3. The smallest absolute Gasteiger partial charge is 0.330 e. The number of pyridine rings is 1. The first-order chi connectivity index (χ1) is 17.0. The molecule has 35 heavy (non-hydrogen) atoms. The molecule has 2 saturated heterocycles. The van der Waals surface area contributed by atoms with E-state index in [-0.39, 0.29) is 24.9 Å². The molecule has 2 unspecified atom stereocenters. The van der Waals surface area contributed by atoms with E-state index in [1.54, 1.807) is 0 Å².